The molecule has 1 fully saturated rings. The lowest BCUT2D eigenvalue weighted by atomic mass is 9.74. The van der Waals surface area contributed by atoms with Crippen molar-refractivity contribution in [3.8, 4) is 11.3 Å². The average Bonchev–Trinajstić information content (AvgIpc) is 2.80. The molecule has 166 valence electrons. The van der Waals surface area contributed by atoms with Crippen LogP contribution < -0.4 is 0 Å². The SMILES string of the molecule is CCc1cccc(CC)c1-c1ccc(CN2CCc3ccccc3C2C2CCC2)c(C)n1. The van der Waals surface area contributed by atoms with E-state index in [0.29, 0.717) is 6.04 Å². The van der Waals surface area contributed by atoms with Gasteiger partial charge in [-0.15, -0.1) is 0 Å². The number of aryl methyl sites for hydroxylation is 3. The molecule has 1 atom stereocenters. The number of aromatic nitrogens is 1. The molecule has 2 nitrogen and oxygen atoms in total. The lowest BCUT2D eigenvalue weighted by Gasteiger charge is -2.45. The monoisotopic (exact) mass is 424 g/mol. The van der Waals surface area contributed by atoms with Crippen molar-refractivity contribution in [3.63, 3.8) is 0 Å². The number of fused-ring (bicyclic) bond motifs is 1. The van der Waals surface area contributed by atoms with E-state index in [1.807, 2.05) is 0 Å². The third-order valence-electron chi connectivity index (χ3n) is 7.86. The van der Waals surface area contributed by atoms with E-state index in [0.717, 1.165) is 44.0 Å². The van der Waals surface area contributed by atoms with Crippen LogP contribution in [-0.4, -0.2) is 16.4 Å². The minimum absolute atomic E-state index is 0.570. The molecule has 5 rings (SSSR count). The fourth-order valence-corrected chi connectivity index (χ4v) is 5.82. The number of benzene rings is 2. The van der Waals surface area contributed by atoms with Crippen LogP contribution in [0.5, 0.6) is 0 Å². The van der Waals surface area contributed by atoms with E-state index < -0.39 is 0 Å². The molecule has 1 aliphatic heterocycles. The summed E-state index contributed by atoms with van der Waals surface area (Å²) in [5.74, 6) is 0.813. The average molecular weight is 425 g/mol. The third kappa shape index (κ3) is 3.90. The minimum atomic E-state index is 0.570. The van der Waals surface area contributed by atoms with Crippen molar-refractivity contribution in [2.24, 2.45) is 5.92 Å². The summed E-state index contributed by atoms with van der Waals surface area (Å²) in [6.45, 7) is 8.85. The molecule has 2 aromatic carbocycles. The standard InChI is InChI=1S/C30H36N2/c1-4-22-11-8-12-23(5-2)29(22)28-17-16-26(21(3)31-28)20-32-19-18-24-10-6-7-15-27(24)30(32)25-13-9-14-25/h6-8,10-12,15-17,25,30H,4-5,9,13-14,18-20H2,1-3H3. The Kier molecular flexibility index (Phi) is 6.15. The number of nitrogens with zero attached hydrogens (tertiary/aromatic N) is 2. The lowest BCUT2D eigenvalue weighted by molar-refractivity contribution is 0.0794. The molecular formula is C30H36N2. The van der Waals surface area contributed by atoms with Crippen LogP contribution in [-0.2, 0) is 25.8 Å². The highest BCUT2D eigenvalue weighted by molar-refractivity contribution is 5.68. The molecule has 1 unspecified atom stereocenters. The molecule has 0 N–H and O–H groups in total. The van der Waals surface area contributed by atoms with Gasteiger partial charge in [-0.1, -0.05) is 68.8 Å². The molecule has 0 radical (unpaired) electrons. The van der Waals surface area contributed by atoms with Crippen LogP contribution in [0.4, 0.5) is 0 Å². The Hall–Kier alpha value is -2.45. The lowest BCUT2D eigenvalue weighted by Crippen LogP contribution is -2.41. The van der Waals surface area contributed by atoms with Gasteiger partial charge in [0.05, 0.1) is 5.69 Å². The zero-order valence-corrected chi connectivity index (χ0v) is 19.9. The molecule has 3 aromatic rings. The van der Waals surface area contributed by atoms with E-state index in [2.05, 4.69) is 80.3 Å². The Morgan fingerprint density at radius 1 is 0.875 bits per heavy atom. The van der Waals surface area contributed by atoms with Gasteiger partial charge in [0, 0.05) is 30.4 Å². The van der Waals surface area contributed by atoms with Crippen LogP contribution in [0.3, 0.4) is 0 Å². The highest BCUT2D eigenvalue weighted by Crippen LogP contribution is 2.45. The Labute approximate surface area is 193 Å². The smallest absolute Gasteiger partial charge is 0.0710 e. The predicted octanol–water partition coefficient (Wildman–Crippen LogP) is 7.08. The molecule has 2 heterocycles. The summed E-state index contributed by atoms with van der Waals surface area (Å²) in [6.07, 6.45) is 7.39. The Morgan fingerprint density at radius 3 is 2.28 bits per heavy atom. The molecule has 0 spiro atoms. The van der Waals surface area contributed by atoms with Crippen molar-refractivity contribution < 1.29 is 0 Å². The molecule has 1 aromatic heterocycles. The Balaban J connectivity index is 1.45. The summed E-state index contributed by atoms with van der Waals surface area (Å²) in [7, 11) is 0. The van der Waals surface area contributed by atoms with Crippen molar-refractivity contribution in [2.75, 3.05) is 6.54 Å². The molecule has 2 heteroatoms. The topological polar surface area (TPSA) is 16.1 Å². The summed E-state index contributed by atoms with van der Waals surface area (Å²) in [5, 5.41) is 0. The Bertz CT molecular complexity index is 1070. The van der Waals surface area contributed by atoms with Crippen molar-refractivity contribution in [1.82, 2.24) is 9.88 Å². The van der Waals surface area contributed by atoms with Crippen LogP contribution in [0.25, 0.3) is 11.3 Å². The zero-order valence-electron chi connectivity index (χ0n) is 19.9. The predicted molar refractivity (Wildman–Crippen MR) is 134 cm³/mol. The van der Waals surface area contributed by atoms with Gasteiger partial charge in [0.2, 0.25) is 0 Å². The summed E-state index contributed by atoms with van der Waals surface area (Å²) in [6, 6.07) is 21.1. The summed E-state index contributed by atoms with van der Waals surface area (Å²) < 4.78 is 0. The van der Waals surface area contributed by atoms with Gasteiger partial charge < -0.3 is 0 Å². The first-order valence-electron chi connectivity index (χ1n) is 12.6. The molecule has 0 saturated heterocycles. The number of hydrogen-bond acceptors (Lipinski definition) is 2. The molecule has 1 aliphatic carbocycles. The zero-order chi connectivity index (χ0) is 22.1. The van der Waals surface area contributed by atoms with Crippen LogP contribution in [0.2, 0.25) is 0 Å². The molecule has 2 aliphatic rings. The van der Waals surface area contributed by atoms with Gasteiger partial charge in [-0.05, 0) is 78.8 Å². The summed E-state index contributed by atoms with van der Waals surface area (Å²) in [5.41, 5.74) is 11.0. The van der Waals surface area contributed by atoms with Gasteiger partial charge in [-0.25, -0.2) is 0 Å². The van der Waals surface area contributed by atoms with E-state index in [1.165, 1.54) is 47.2 Å². The number of hydrogen-bond donors (Lipinski definition) is 0. The van der Waals surface area contributed by atoms with Crippen molar-refractivity contribution in [3.05, 3.63) is 88.1 Å². The van der Waals surface area contributed by atoms with Gasteiger partial charge in [-0.3, -0.25) is 9.88 Å². The van der Waals surface area contributed by atoms with E-state index in [1.54, 1.807) is 11.1 Å². The van der Waals surface area contributed by atoms with Crippen LogP contribution in [0, 0.1) is 12.8 Å². The first-order chi connectivity index (χ1) is 15.7. The van der Waals surface area contributed by atoms with Crippen molar-refractivity contribution in [1.29, 1.82) is 0 Å². The van der Waals surface area contributed by atoms with Crippen LogP contribution in [0.15, 0.2) is 54.6 Å². The van der Waals surface area contributed by atoms with Gasteiger partial charge >= 0.3 is 0 Å². The Morgan fingerprint density at radius 2 is 1.62 bits per heavy atom. The molecule has 32 heavy (non-hydrogen) atoms. The maximum absolute atomic E-state index is 5.15. The first kappa shape index (κ1) is 21.4. The van der Waals surface area contributed by atoms with E-state index >= 15 is 0 Å². The van der Waals surface area contributed by atoms with Crippen molar-refractivity contribution in [2.45, 2.75) is 71.9 Å². The van der Waals surface area contributed by atoms with Gasteiger partial charge in [0.25, 0.3) is 0 Å². The van der Waals surface area contributed by atoms with E-state index in [-0.39, 0.29) is 0 Å². The van der Waals surface area contributed by atoms with Crippen molar-refractivity contribution >= 4 is 0 Å². The molecule has 0 amide bonds. The first-order valence-corrected chi connectivity index (χ1v) is 12.6. The third-order valence-corrected chi connectivity index (χ3v) is 7.86. The highest BCUT2D eigenvalue weighted by atomic mass is 15.2. The maximum atomic E-state index is 5.15. The highest BCUT2D eigenvalue weighted by Gasteiger charge is 2.36. The second kappa shape index (κ2) is 9.19. The molecule has 1 saturated carbocycles. The quantitative estimate of drug-likeness (QED) is 0.420. The fraction of sp³-hybridized carbons (Fsp3) is 0.433. The van der Waals surface area contributed by atoms with Crippen LogP contribution >= 0.6 is 0 Å². The number of pyridine rings is 1. The van der Waals surface area contributed by atoms with E-state index in [9.17, 15) is 0 Å². The largest absolute Gasteiger partial charge is 0.291 e. The van der Waals surface area contributed by atoms with Gasteiger partial charge in [0.1, 0.15) is 0 Å². The minimum Gasteiger partial charge on any atom is -0.291 e. The van der Waals surface area contributed by atoms with Gasteiger partial charge in [0.15, 0.2) is 0 Å². The summed E-state index contributed by atoms with van der Waals surface area (Å²) >= 11 is 0. The summed E-state index contributed by atoms with van der Waals surface area (Å²) in [4.78, 5) is 7.89. The van der Waals surface area contributed by atoms with E-state index in [4.69, 9.17) is 4.98 Å². The molecule has 0 bridgehead atoms. The fourth-order valence-electron chi connectivity index (χ4n) is 5.82. The maximum Gasteiger partial charge on any atom is 0.0710 e. The van der Waals surface area contributed by atoms with Gasteiger partial charge in [-0.2, -0.15) is 0 Å². The number of rotatable bonds is 6. The second-order valence-corrected chi connectivity index (χ2v) is 9.65. The molecular weight excluding hydrogens is 388 g/mol. The van der Waals surface area contributed by atoms with Crippen LogP contribution in [0.1, 0.15) is 72.7 Å². The second-order valence-electron chi connectivity index (χ2n) is 9.65. The normalized spacial score (nSPS) is 18.9.